The Morgan fingerprint density at radius 1 is 1.24 bits per heavy atom. The molecule has 6 nitrogen and oxygen atoms in total. The first-order valence-corrected chi connectivity index (χ1v) is 6.03. The van der Waals surface area contributed by atoms with Gasteiger partial charge in [0.2, 0.25) is 5.95 Å². The summed E-state index contributed by atoms with van der Waals surface area (Å²) < 4.78 is 1.09. The fourth-order valence-electron chi connectivity index (χ4n) is 2.34. The van der Waals surface area contributed by atoms with E-state index in [1.54, 1.807) is 19.0 Å². The molecule has 0 aromatic carbocycles. The van der Waals surface area contributed by atoms with Gasteiger partial charge in [0, 0.05) is 20.0 Å². The minimum atomic E-state index is -0.212. The number of nitrogen functional groups attached to an aromatic ring is 1. The Hall–Kier alpha value is -1.59. The molecule has 17 heavy (non-hydrogen) atoms. The minimum absolute atomic E-state index is 0.212. The number of aromatic nitrogens is 3. The number of rotatable bonds is 2. The number of hydrogen-bond donors (Lipinski definition) is 1. The van der Waals surface area contributed by atoms with E-state index in [0.29, 0.717) is 11.6 Å². The standard InChI is InChI=1S/C11H19N5O/c1-15(2)11-14-13-9(10(17)16(11)12)8-6-4-3-5-7-8/h8H,3-7,12H2,1-2H3. The highest BCUT2D eigenvalue weighted by Gasteiger charge is 2.22. The van der Waals surface area contributed by atoms with Crippen molar-refractivity contribution in [2.75, 3.05) is 24.8 Å². The molecule has 0 bridgehead atoms. The van der Waals surface area contributed by atoms with Crippen molar-refractivity contribution in [1.29, 1.82) is 0 Å². The van der Waals surface area contributed by atoms with Gasteiger partial charge in [0.25, 0.3) is 5.56 Å². The van der Waals surface area contributed by atoms with Crippen molar-refractivity contribution in [2.45, 2.75) is 38.0 Å². The van der Waals surface area contributed by atoms with Crippen LogP contribution < -0.4 is 16.3 Å². The molecule has 1 aromatic heterocycles. The summed E-state index contributed by atoms with van der Waals surface area (Å²) in [5.41, 5.74) is 0.313. The molecule has 0 aliphatic heterocycles. The fourth-order valence-corrected chi connectivity index (χ4v) is 2.34. The quantitative estimate of drug-likeness (QED) is 0.756. The molecule has 1 aliphatic carbocycles. The second kappa shape index (κ2) is 4.73. The number of nitrogens with two attached hydrogens (primary N) is 1. The summed E-state index contributed by atoms with van der Waals surface area (Å²) in [6, 6.07) is 0. The molecular formula is C11H19N5O. The first kappa shape index (κ1) is 11.9. The average molecular weight is 237 g/mol. The maximum atomic E-state index is 12.1. The molecule has 1 aromatic rings. The molecule has 6 heteroatoms. The summed E-state index contributed by atoms with van der Waals surface area (Å²) in [5.74, 6) is 6.37. The van der Waals surface area contributed by atoms with Gasteiger partial charge in [-0.15, -0.1) is 10.2 Å². The highest BCUT2D eigenvalue weighted by molar-refractivity contribution is 5.27. The molecule has 0 atom stereocenters. The molecular weight excluding hydrogens is 218 g/mol. The Labute approximate surface area is 100 Å². The van der Waals surface area contributed by atoms with Gasteiger partial charge in [-0.1, -0.05) is 19.3 Å². The molecule has 1 heterocycles. The third-order valence-electron chi connectivity index (χ3n) is 3.29. The Morgan fingerprint density at radius 2 is 1.88 bits per heavy atom. The third-order valence-corrected chi connectivity index (χ3v) is 3.29. The summed E-state index contributed by atoms with van der Waals surface area (Å²) in [7, 11) is 3.57. The van der Waals surface area contributed by atoms with Gasteiger partial charge in [-0.3, -0.25) is 4.79 Å². The predicted molar refractivity (Wildman–Crippen MR) is 66.6 cm³/mol. The van der Waals surface area contributed by atoms with Crippen LogP contribution in [0.2, 0.25) is 0 Å². The molecule has 94 valence electrons. The topological polar surface area (TPSA) is 77.0 Å². The van der Waals surface area contributed by atoms with Crippen molar-refractivity contribution in [3.63, 3.8) is 0 Å². The molecule has 0 amide bonds. The van der Waals surface area contributed by atoms with Gasteiger partial charge in [-0.05, 0) is 12.8 Å². The minimum Gasteiger partial charge on any atom is -0.346 e. The van der Waals surface area contributed by atoms with E-state index in [1.807, 2.05) is 0 Å². The number of nitrogens with zero attached hydrogens (tertiary/aromatic N) is 4. The lowest BCUT2D eigenvalue weighted by Gasteiger charge is -2.21. The molecule has 0 radical (unpaired) electrons. The van der Waals surface area contributed by atoms with Crippen LogP contribution in [0.1, 0.15) is 43.7 Å². The van der Waals surface area contributed by atoms with E-state index in [1.165, 1.54) is 6.42 Å². The average Bonchev–Trinajstić information content (AvgIpc) is 2.33. The maximum absolute atomic E-state index is 12.1. The maximum Gasteiger partial charge on any atom is 0.295 e. The van der Waals surface area contributed by atoms with Gasteiger partial charge in [0.05, 0.1) is 0 Å². The molecule has 2 N–H and O–H groups in total. The van der Waals surface area contributed by atoms with Crippen LogP contribution in [-0.2, 0) is 0 Å². The van der Waals surface area contributed by atoms with E-state index >= 15 is 0 Å². The van der Waals surface area contributed by atoms with Crippen LogP contribution in [0.3, 0.4) is 0 Å². The lowest BCUT2D eigenvalue weighted by molar-refractivity contribution is 0.428. The zero-order valence-corrected chi connectivity index (χ0v) is 10.4. The van der Waals surface area contributed by atoms with Crippen LogP contribution in [0, 0.1) is 0 Å². The normalized spacial score (nSPS) is 17.1. The zero-order valence-electron chi connectivity index (χ0n) is 10.4. The first-order valence-electron chi connectivity index (χ1n) is 6.03. The van der Waals surface area contributed by atoms with Crippen molar-refractivity contribution in [3.8, 4) is 0 Å². The summed E-state index contributed by atoms with van der Waals surface area (Å²) >= 11 is 0. The van der Waals surface area contributed by atoms with E-state index < -0.39 is 0 Å². The molecule has 0 saturated heterocycles. The summed E-state index contributed by atoms with van der Waals surface area (Å²) in [4.78, 5) is 13.8. The van der Waals surface area contributed by atoms with Gasteiger partial charge >= 0.3 is 0 Å². The Morgan fingerprint density at radius 3 is 2.47 bits per heavy atom. The van der Waals surface area contributed by atoms with E-state index in [2.05, 4.69) is 10.2 Å². The van der Waals surface area contributed by atoms with Gasteiger partial charge in [0.15, 0.2) is 0 Å². The lowest BCUT2D eigenvalue weighted by atomic mass is 9.87. The number of hydrogen-bond acceptors (Lipinski definition) is 5. The second-order valence-electron chi connectivity index (χ2n) is 4.79. The van der Waals surface area contributed by atoms with Crippen LogP contribution in [0.25, 0.3) is 0 Å². The van der Waals surface area contributed by atoms with Gasteiger partial charge in [-0.25, -0.2) is 0 Å². The second-order valence-corrected chi connectivity index (χ2v) is 4.79. The molecule has 0 spiro atoms. The van der Waals surface area contributed by atoms with Crippen LogP contribution in [-0.4, -0.2) is 29.0 Å². The van der Waals surface area contributed by atoms with Crippen LogP contribution in [0.4, 0.5) is 5.95 Å². The summed E-state index contributed by atoms with van der Waals surface area (Å²) in [5, 5.41) is 8.11. The van der Waals surface area contributed by atoms with Crippen molar-refractivity contribution < 1.29 is 0 Å². The fraction of sp³-hybridized carbons (Fsp3) is 0.727. The summed E-state index contributed by atoms with van der Waals surface area (Å²) in [6.45, 7) is 0. The molecule has 1 fully saturated rings. The number of anilines is 1. The SMILES string of the molecule is CN(C)c1nnc(C2CCCCC2)c(=O)n1N. The highest BCUT2D eigenvalue weighted by atomic mass is 16.1. The monoisotopic (exact) mass is 237 g/mol. The first-order chi connectivity index (χ1) is 8.11. The molecule has 1 aliphatic rings. The van der Waals surface area contributed by atoms with Crippen molar-refractivity contribution in [2.24, 2.45) is 0 Å². The Balaban J connectivity index is 2.36. The van der Waals surface area contributed by atoms with Gasteiger partial charge in [0.1, 0.15) is 5.69 Å². The van der Waals surface area contributed by atoms with Crippen LogP contribution >= 0.6 is 0 Å². The highest BCUT2D eigenvalue weighted by Crippen LogP contribution is 2.29. The van der Waals surface area contributed by atoms with E-state index in [-0.39, 0.29) is 11.5 Å². The van der Waals surface area contributed by atoms with Crippen molar-refractivity contribution >= 4 is 5.95 Å². The van der Waals surface area contributed by atoms with E-state index in [4.69, 9.17) is 5.84 Å². The smallest absolute Gasteiger partial charge is 0.295 e. The summed E-state index contributed by atoms with van der Waals surface area (Å²) in [6.07, 6.45) is 5.60. The van der Waals surface area contributed by atoms with Crippen LogP contribution in [0.5, 0.6) is 0 Å². The molecule has 0 unspecified atom stereocenters. The van der Waals surface area contributed by atoms with Crippen molar-refractivity contribution in [1.82, 2.24) is 14.9 Å². The third kappa shape index (κ3) is 2.25. The zero-order chi connectivity index (χ0) is 12.4. The molecule has 2 rings (SSSR count). The lowest BCUT2D eigenvalue weighted by Crippen LogP contribution is -2.37. The predicted octanol–water partition coefficient (Wildman–Crippen LogP) is 0.466. The van der Waals surface area contributed by atoms with Gasteiger partial charge in [-0.2, -0.15) is 4.68 Å². The van der Waals surface area contributed by atoms with Gasteiger partial charge < -0.3 is 10.7 Å². The van der Waals surface area contributed by atoms with E-state index in [9.17, 15) is 4.79 Å². The molecule has 1 saturated carbocycles. The van der Waals surface area contributed by atoms with E-state index in [0.717, 1.165) is 30.4 Å². The van der Waals surface area contributed by atoms with Crippen LogP contribution in [0.15, 0.2) is 4.79 Å². The Bertz CT molecular complexity index is 448. The Kier molecular flexibility index (Phi) is 3.31. The van der Waals surface area contributed by atoms with Crippen molar-refractivity contribution in [3.05, 3.63) is 16.0 Å². The largest absolute Gasteiger partial charge is 0.346 e.